The molecule has 1 aromatic rings. The van der Waals surface area contributed by atoms with E-state index < -0.39 is 0 Å². The fraction of sp³-hybridized carbons (Fsp3) is 0.364. The smallest absolute Gasteiger partial charge is 0.252 e. The fourth-order valence-corrected chi connectivity index (χ4v) is 1.51. The standard InChI is InChI=1S/C11H14BrNO/c1-3-8(2)13-11(14)9-6-4-5-7-10(9)12/h4-8H,3H2,1-2H3,(H,13,14). The minimum absolute atomic E-state index is 0.0215. The molecule has 0 spiro atoms. The van der Waals surface area contributed by atoms with E-state index in [1.165, 1.54) is 0 Å². The zero-order valence-corrected chi connectivity index (χ0v) is 9.97. The fourth-order valence-electron chi connectivity index (χ4n) is 1.05. The van der Waals surface area contributed by atoms with Crippen molar-refractivity contribution in [3.63, 3.8) is 0 Å². The van der Waals surface area contributed by atoms with Gasteiger partial charge in [-0.15, -0.1) is 0 Å². The van der Waals surface area contributed by atoms with Crippen LogP contribution < -0.4 is 5.32 Å². The van der Waals surface area contributed by atoms with Crippen LogP contribution in [-0.2, 0) is 0 Å². The molecule has 1 atom stereocenters. The molecule has 14 heavy (non-hydrogen) atoms. The van der Waals surface area contributed by atoms with Crippen LogP contribution in [0.1, 0.15) is 30.6 Å². The molecule has 1 rings (SSSR count). The quantitative estimate of drug-likeness (QED) is 0.885. The van der Waals surface area contributed by atoms with E-state index >= 15 is 0 Å². The van der Waals surface area contributed by atoms with Crippen LogP contribution in [0.4, 0.5) is 0 Å². The average molecular weight is 256 g/mol. The number of rotatable bonds is 3. The summed E-state index contributed by atoms with van der Waals surface area (Å²) in [6.07, 6.45) is 0.941. The molecule has 0 fully saturated rings. The van der Waals surface area contributed by atoms with Crippen LogP contribution in [0, 0.1) is 0 Å². The zero-order chi connectivity index (χ0) is 10.6. The molecule has 3 heteroatoms. The van der Waals surface area contributed by atoms with Gasteiger partial charge in [0, 0.05) is 10.5 Å². The van der Waals surface area contributed by atoms with E-state index in [9.17, 15) is 4.79 Å². The van der Waals surface area contributed by atoms with E-state index in [1.807, 2.05) is 38.1 Å². The number of hydrogen-bond donors (Lipinski definition) is 1. The Morgan fingerprint density at radius 2 is 2.14 bits per heavy atom. The maximum Gasteiger partial charge on any atom is 0.252 e. The van der Waals surface area contributed by atoms with Crippen molar-refractivity contribution in [1.82, 2.24) is 5.32 Å². The molecule has 1 aromatic carbocycles. The molecule has 0 aliphatic heterocycles. The third kappa shape index (κ3) is 2.84. The van der Waals surface area contributed by atoms with E-state index in [0.717, 1.165) is 10.9 Å². The van der Waals surface area contributed by atoms with Crippen LogP contribution in [0.15, 0.2) is 28.7 Å². The molecule has 1 N–H and O–H groups in total. The van der Waals surface area contributed by atoms with Crippen molar-refractivity contribution < 1.29 is 4.79 Å². The molecule has 1 amide bonds. The van der Waals surface area contributed by atoms with Crippen LogP contribution in [-0.4, -0.2) is 11.9 Å². The number of nitrogens with one attached hydrogen (secondary N) is 1. The van der Waals surface area contributed by atoms with Gasteiger partial charge in [0.2, 0.25) is 0 Å². The Morgan fingerprint density at radius 1 is 1.50 bits per heavy atom. The molecular formula is C11H14BrNO. The number of amides is 1. The maximum absolute atomic E-state index is 11.7. The van der Waals surface area contributed by atoms with Crippen molar-refractivity contribution in [3.05, 3.63) is 34.3 Å². The van der Waals surface area contributed by atoms with Crippen LogP contribution in [0.5, 0.6) is 0 Å². The van der Waals surface area contributed by atoms with Crippen LogP contribution in [0.25, 0.3) is 0 Å². The number of benzene rings is 1. The van der Waals surface area contributed by atoms with Gasteiger partial charge in [-0.05, 0) is 41.4 Å². The Hall–Kier alpha value is -0.830. The summed E-state index contributed by atoms with van der Waals surface area (Å²) < 4.78 is 0.834. The van der Waals surface area contributed by atoms with Crippen molar-refractivity contribution in [2.75, 3.05) is 0 Å². The predicted octanol–water partition coefficient (Wildman–Crippen LogP) is 2.98. The van der Waals surface area contributed by atoms with E-state index in [2.05, 4.69) is 21.2 Å². The minimum Gasteiger partial charge on any atom is -0.350 e. The lowest BCUT2D eigenvalue weighted by Crippen LogP contribution is -2.32. The SMILES string of the molecule is CCC(C)NC(=O)c1ccccc1Br. The zero-order valence-electron chi connectivity index (χ0n) is 8.38. The number of hydrogen-bond acceptors (Lipinski definition) is 1. The number of halogens is 1. The summed E-state index contributed by atoms with van der Waals surface area (Å²) in [5.41, 5.74) is 0.688. The first-order chi connectivity index (χ1) is 6.65. The topological polar surface area (TPSA) is 29.1 Å². The van der Waals surface area contributed by atoms with Crippen LogP contribution >= 0.6 is 15.9 Å². The van der Waals surface area contributed by atoms with E-state index in [0.29, 0.717) is 5.56 Å². The highest BCUT2D eigenvalue weighted by Gasteiger charge is 2.10. The Morgan fingerprint density at radius 3 is 2.71 bits per heavy atom. The molecule has 0 aliphatic rings. The summed E-state index contributed by atoms with van der Waals surface area (Å²) in [6.45, 7) is 4.04. The first kappa shape index (κ1) is 11.2. The average Bonchev–Trinajstić information content (AvgIpc) is 2.18. The second-order valence-electron chi connectivity index (χ2n) is 3.26. The third-order valence-corrected chi connectivity index (χ3v) is 2.80. The molecular weight excluding hydrogens is 242 g/mol. The number of carbonyl (C=O) groups excluding carboxylic acids is 1. The van der Waals surface area contributed by atoms with Gasteiger partial charge >= 0.3 is 0 Å². The van der Waals surface area contributed by atoms with Crippen molar-refractivity contribution >= 4 is 21.8 Å². The van der Waals surface area contributed by atoms with Crippen LogP contribution in [0.2, 0.25) is 0 Å². The summed E-state index contributed by atoms with van der Waals surface area (Å²) >= 11 is 3.35. The molecule has 0 radical (unpaired) electrons. The van der Waals surface area contributed by atoms with Gasteiger partial charge < -0.3 is 5.32 Å². The number of carbonyl (C=O) groups is 1. The van der Waals surface area contributed by atoms with Gasteiger partial charge in [0.1, 0.15) is 0 Å². The summed E-state index contributed by atoms with van der Waals surface area (Å²) in [7, 11) is 0. The van der Waals surface area contributed by atoms with Gasteiger partial charge in [0.05, 0.1) is 5.56 Å². The lowest BCUT2D eigenvalue weighted by atomic mass is 10.2. The van der Waals surface area contributed by atoms with Crippen LogP contribution in [0.3, 0.4) is 0 Å². The Bertz CT molecular complexity index is 325. The molecule has 76 valence electrons. The summed E-state index contributed by atoms with van der Waals surface area (Å²) in [6, 6.07) is 7.64. The second kappa shape index (κ2) is 5.15. The van der Waals surface area contributed by atoms with Crippen molar-refractivity contribution in [2.24, 2.45) is 0 Å². The lowest BCUT2D eigenvalue weighted by Gasteiger charge is -2.11. The Balaban J connectivity index is 2.75. The molecule has 0 saturated carbocycles. The van der Waals surface area contributed by atoms with Gasteiger partial charge in [0.25, 0.3) is 5.91 Å². The maximum atomic E-state index is 11.7. The Kier molecular flexibility index (Phi) is 4.14. The molecule has 0 aromatic heterocycles. The molecule has 0 bridgehead atoms. The predicted molar refractivity (Wildman–Crippen MR) is 61.4 cm³/mol. The highest BCUT2D eigenvalue weighted by molar-refractivity contribution is 9.10. The largest absolute Gasteiger partial charge is 0.350 e. The van der Waals surface area contributed by atoms with Gasteiger partial charge in [-0.3, -0.25) is 4.79 Å². The second-order valence-corrected chi connectivity index (χ2v) is 4.12. The highest BCUT2D eigenvalue weighted by atomic mass is 79.9. The summed E-state index contributed by atoms with van der Waals surface area (Å²) in [4.78, 5) is 11.7. The lowest BCUT2D eigenvalue weighted by molar-refractivity contribution is 0.0938. The van der Waals surface area contributed by atoms with E-state index in [1.54, 1.807) is 0 Å². The molecule has 1 unspecified atom stereocenters. The monoisotopic (exact) mass is 255 g/mol. The summed E-state index contributed by atoms with van der Waals surface area (Å²) in [5, 5.41) is 2.92. The third-order valence-electron chi connectivity index (χ3n) is 2.11. The molecule has 0 heterocycles. The normalized spacial score (nSPS) is 12.2. The van der Waals surface area contributed by atoms with Gasteiger partial charge in [0.15, 0.2) is 0 Å². The highest BCUT2D eigenvalue weighted by Crippen LogP contribution is 2.15. The minimum atomic E-state index is -0.0215. The van der Waals surface area contributed by atoms with Gasteiger partial charge in [-0.1, -0.05) is 19.1 Å². The molecule has 0 saturated heterocycles. The molecule has 0 aliphatic carbocycles. The van der Waals surface area contributed by atoms with Crippen molar-refractivity contribution in [1.29, 1.82) is 0 Å². The van der Waals surface area contributed by atoms with E-state index in [-0.39, 0.29) is 11.9 Å². The van der Waals surface area contributed by atoms with E-state index in [4.69, 9.17) is 0 Å². The van der Waals surface area contributed by atoms with Gasteiger partial charge in [-0.25, -0.2) is 0 Å². The Labute approximate surface area is 92.8 Å². The van der Waals surface area contributed by atoms with Crippen molar-refractivity contribution in [3.8, 4) is 0 Å². The van der Waals surface area contributed by atoms with Crippen molar-refractivity contribution in [2.45, 2.75) is 26.3 Å². The van der Waals surface area contributed by atoms with Gasteiger partial charge in [-0.2, -0.15) is 0 Å². The first-order valence-electron chi connectivity index (χ1n) is 4.70. The molecule has 2 nitrogen and oxygen atoms in total. The first-order valence-corrected chi connectivity index (χ1v) is 5.49. The summed E-state index contributed by atoms with van der Waals surface area (Å²) in [5.74, 6) is -0.0215.